The largest absolute Gasteiger partial charge is 0.497 e. The van der Waals surface area contributed by atoms with Crippen LogP contribution in [0, 0.1) is 0 Å². The lowest BCUT2D eigenvalue weighted by Crippen LogP contribution is -2.36. The average molecular weight is 331 g/mol. The van der Waals surface area contributed by atoms with E-state index >= 15 is 0 Å². The lowest BCUT2D eigenvalue weighted by atomic mass is 10.1. The van der Waals surface area contributed by atoms with Gasteiger partial charge in [-0.05, 0) is 31.0 Å². The van der Waals surface area contributed by atoms with Crippen molar-refractivity contribution in [1.82, 2.24) is 15.1 Å². The zero-order valence-electron chi connectivity index (χ0n) is 14.0. The Morgan fingerprint density at radius 3 is 2.58 bits per heavy atom. The minimum absolute atomic E-state index is 0.315. The molecule has 2 aromatic rings. The molecular weight excluding hydrogens is 310 g/mol. The third-order valence-corrected chi connectivity index (χ3v) is 3.47. The van der Waals surface area contributed by atoms with E-state index in [0.29, 0.717) is 18.5 Å². The molecule has 1 aromatic heterocycles. The van der Waals surface area contributed by atoms with Gasteiger partial charge in [-0.15, -0.1) is 0 Å². The van der Waals surface area contributed by atoms with Crippen molar-refractivity contribution in [2.45, 2.75) is 19.4 Å². The van der Waals surface area contributed by atoms with Crippen LogP contribution < -0.4 is 10.1 Å². The Morgan fingerprint density at radius 2 is 2.00 bits per heavy atom. The van der Waals surface area contributed by atoms with E-state index in [-0.39, 0.29) is 5.91 Å². The molecule has 0 aliphatic carbocycles. The molecule has 1 heterocycles. The number of carbonyl (C=O) groups excluding carboxylic acids is 2. The SMILES string of the molecule is COc1ccc(CCNC(=O)[C@@H](C)OC(=O)c2cnn(C)c2)cc1. The maximum atomic E-state index is 12.0. The summed E-state index contributed by atoms with van der Waals surface area (Å²) in [5.41, 5.74) is 1.39. The molecule has 1 amide bonds. The van der Waals surface area contributed by atoms with Crippen LogP contribution >= 0.6 is 0 Å². The van der Waals surface area contributed by atoms with Gasteiger partial charge in [-0.2, -0.15) is 5.10 Å². The topological polar surface area (TPSA) is 82.4 Å². The first-order valence-corrected chi connectivity index (χ1v) is 7.60. The van der Waals surface area contributed by atoms with Gasteiger partial charge in [0.25, 0.3) is 5.91 Å². The Balaban J connectivity index is 1.75. The fourth-order valence-corrected chi connectivity index (χ4v) is 2.07. The Hall–Kier alpha value is -2.83. The van der Waals surface area contributed by atoms with Crippen molar-refractivity contribution in [3.05, 3.63) is 47.8 Å². The molecule has 0 bridgehead atoms. The van der Waals surface area contributed by atoms with Gasteiger partial charge in [0.1, 0.15) is 5.75 Å². The predicted octanol–water partition coefficient (Wildman–Crippen LogP) is 1.33. The Labute approximate surface area is 140 Å². The summed E-state index contributed by atoms with van der Waals surface area (Å²) in [6.45, 7) is 2.00. The molecule has 0 aliphatic heterocycles. The van der Waals surface area contributed by atoms with Crippen molar-refractivity contribution in [3.63, 3.8) is 0 Å². The monoisotopic (exact) mass is 331 g/mol. The first-order valence-electron chi connectivity index (χ1n) is 7.60. The van der Waals surface area contributed by atoms with Gasteiger partial charge >= 0.3 is 5.97 Å². The third-order valence-electron chi connectivity index (χ3n) is 3.47. The van der Waals surface area contributed by atoms with Crippen LogP contribution in [-0.4, -0.2) is 41.4 Å². The van der Waals surface area contributed by atoms with Crippen LogP contribution in [0.4, 0.5) is 0 Å². The number of aryl methyl sites for hydroxylation is 1. The second-order valence-electron chi connectivity index (χ2n) is 5.34. The summed E-state index contributed by atoms with van der Waals surface area (Å²) in [6, 6.07) is 7.62. The molecule has 24 heavy (non-hydrogen) atoms. The molecule has 7 nitrogen and oxygen atoms in total. The van der Waals surface area contributed by atoms with Crippen LogP contribution in [0.3, 0.4) is 0 Å². The first kappa shape index (κ1) is 17.5. The number of aromatic nitrogens is 2. The van der Waals surface area contributed by atoms with Gasteiger partial charge in [-0.25, -0.2) is 4.79 Å². The number of amides is 1. The fourth-order valence-electron chi connectivity index (χ4n) is 2.07. The summed E-state index contributed by atoms with van der Waals surface area (Å²) >= 11 is 0. The normalized spacial score (nSPS) is 11.6. The van der Waals surface area contributed by atoms with Crippen LogP contribution in [0.1, 0.15) is 22.8 Å². The number of hydrogen-bond acceptors (Lipinski definition) is 5. The molecule has 1 N–H and O–H groups in total. The van der Waals surface area contributed by atoms with Crippen molar-refractivity contribution < 1.29 is 19.1 Å². The van der Waals surface area contributed by atoms with Gasteiger partial charge in [-0.1, -0.05) is 12.1 Å². The van der Waals surface area contributed by atoms with E-state index in [1.165, 1.54) is 24.0 Å². The molecule has 0 radical (unpaired) electrons. The molecule has 0 saturated heterocycles. The molecular formula is C17H21N3O4. The van der Waals surface area contributed by atoms with Crippen LogP contribution in [0.2, 0.25) is 0 Å². The van der Waals surface area contributed by atoms with E-state index in [0.717, 1.165) is 11.3 Å². The van der Waals surface area contributed by atoms with E-state index in [1.54, 1.807) is 14.2 Å². The highest BCUT2D eigenvalue weighted by Crippen LogP contribution is 2.11. The molecule has 2 rings (SSSR count). The summed E-state index contributed by atoms with van der Waals surface area (Å²) in [4.78, 5) is 23.8. The average Bonchev–Trinajstić information content (AvgIpc) is 3.02. The fraction of sp³-hybridized carbons (Fsp3) is 0.353. The number of esters is 1. The van der Waals surface area contributed by atoms with Gasteiger partial charge in [0.15, 0.2) is 6.10 Å². The van der Waals surface area contributed by atoms with Gasteiger partial charge < -0.3 is 14.8 Å². The van der Waals surface area contributed by atoms with Gasteiger partial charge in [0, 0.05) is 19.8 Å². The van der Waals surface area contributed by atoms with Gasteiger partial charge in [-0.3, -0.25) is 9.48 Å². The highest BCUT2D eigenvalue weighted by Gasteiger charge is 2.19. The summed E-state index contributed by atoms with van der Waals surface area (Å²) < 4.78 is 11.7. The Morgan fingerprint density at radius 1 is 1.29 bits per heavy atom. The molecule has 128 valence electrons. The van der Waals surface area contributed by atoms with Crippen molar-refractivity contribution in [3.8, 4) is 5.75 Å². The van der Waals surface area contributed by atoms with E-state index in [1.807, 2.05) is 24.3 Å². The van der Waals surface area contributed by atoms with Crippen molar-refractivity contribution >= 4 is 11.9 Å². The van der Waals surface area contributed by atoms with E-state index in [9.17, 15) is 9.59 Å². The summed E-state index contributed by atoms with van der Waals surface area (Å²) in [7, 11) is 3.31. The number of nitrogens with one attached hydrogen (secondary N) is 1. The van der Waals surface area contributed by atoms with Gasteiger partial charge in [0.2, 0.25) is 0 Å². The maximum absolute atomic E-state index is 12.0. The number of rotatable bonds is 7. The Bertz CT molecular complexity index is 694. The van der Waals surface area contributed by atoms with Crippen LogP contribution in [0.25, 0.3) is 0 Å². The minimum Gasteiger partial charge on any atom is -0.497 e. The molecule has 1 atom stereocenters. The van der Waals surface area contributed by atoms with Crippen molar-refractivity contribution in [1.29, 1.82) is 0 Å². The lowest BCUT2D eigenvalue weighted by molar-refractivity contribution is -0.129. The smallest absolute Gasteiger partial charge is 0.342 e. The molecule has 0 unspecified atom stereocenters. The molecule has 0 fully saturated rings. The van der Waals surface area contributed by atoms with Crippen LogP contribution in [0.15, 0.2) is 36.7 Å². The zero-order chi connectivity index (χ0) is 17.5. The summed E-state index contributed by atoms with van der Waals surface area (Å²) in [6.07, 6.45) is 2.75. The molecule has 1 aromatic carbocycles. The third kappa shape index (κ3) is 4.84. The minimum atomic E-state index is -0.867. The van der Waals surface area contributed by atoms with Crippen molar-refractivity contribution in [2.24, 2.45) is 7.05 Å². The number of nitrogens with zero attached hydrogens (tertiary/aromatic N) is 2. The van der Waals surface area contributed by atoms with Crippen LogP contribution in [-0.2, 0) is 23.0 Å². The highest BCUT2D eigenvalue weighted by molar-refractivity contribution is 5.91. The number of hydrogen-bond donors (Lipinski definition) is 1. The van der Waals surface area contributed by atoms with E-state index < -0.39 is 12.1 Å². The second-order valence-corrected chi connectivity index (χ2v) is 5.34. The predicted molar refractivity (Wildman–Crippen MR) is 87.8 cm³/mol. The van der Waals surface area contributed by atoms with Crippen molar-refractivity contribution in [2.75, 3.05) is 13.7 Å². The summed E-state index contributed by atoms with van der Waals surface area (Å²) in [5.74, 6) is -0.111. The number of methoxy groups -OCH3 is 1. The quantitative estimate of drug-likeness (QED) is 0.774. The number of carbonyl (C=O) groups is 2. The molecule has 0 saturated carbocycles. The second kappa shape index (κ2) is 8.14. The zero-order valence-corrected chi connectivity index (χ0v) is 14.0. The van der Waals surface area contributed by atoms with E-state index in [2.05, 4.69) is 10.4 Å². The highest BCUT2D eigenvalue weighted by atomic mass is 16.5. The van der Waals surface area contributed by atoms with E-state index in [4.69, 9.17) is 9.47 Å². The van der Waals surface area contributed by atoms with Crippen LogP contribution in [0.5, 0.6) is 5.75 Å². The lowest BCUT2D eigenvalue weighted by Gasteiger charge is -2.13. The standard InChI is InChI=1S/C17H21N3O4/c1-12(24-17(22)14-10-19-20(2)11-14)16(21)18-9-8-13-4-6-15(23-3)7-5-13/h4-7,10-12H,8-9H2,1-3H3,(H,18,21)/t12-/m1/s1. The molecule has 0 aliphatic rings. The Kier molecular flexibility index (Phi) is 5.95. The molecule has 0 spiro atoms. The first-order chi connectivity index (χ1) is 11.5. The molecule has 7 heteroatoms. The maximum Gasteiger partial charge on any atom is 0.342 e. The number of benzene rings is 1. The number of ether oxygens (including phenoxy) is 2. The summed E-state index contributed by atoms with van der Waals surface area (Å²) in [5, 5.41) is 6.64. The van der Waals surface area contributed by atoms with Gasteiger partial charge in [0.05, 0.1) is 18.9 Å².